The monoisotopic (exact) mass is 500 g/mol. The number of hydrazone groups is 1. The van der Waals surface area contributed by atoms with Gasteiger partial charge in [0.2, 0.25) is 5.91 Å². The maximum atomic E-state index is 12.1. The van der Waals surface area contributed by atoms with Crippen molar-refractivity contribution < 1.29 is 9.53 Å². The van der Waals surface area contributed by atoms with Crippen molar-refractivity contribution in [1.29, 1.82) is 0 Å². The van der Waals surface area contributed by atoms with Gasteiger partial charge in [-0.15, -0.1) is 0 Å². The Morgan fingerprint density at radius 3 is 2.39 bits per heavy atom. The van der Waals surface area contributed by atoms with Gasteiger partial charge in [0, 0.05) is 14.5 Å². The highest BCUT2D eigenvalue weighted by Crippen LogP contribution is 2.22. The third-order valence-corrected chi connectivity index (χ3v) is 4.90. The van der Waals surface area contributed by atoms with Crippen molar-refractivity contribution in [3.05, 3.63) is 98.4 Å². The molecule has 0 saturated heterocycles. The summed E-state index contributed by atoms with van der Waals surface area (Å²) >= 11 is 6.83. The van der Waals surface area contributed by atoms with E-state index < -0.39 is 0 Å². The molecule has 0 saturated carbocycles. The molecule has 0 aliphatic carbocycles. The molecule has 28 heavy (non-hydrogen) atoms. The number of nitrogens with zero attached hydrogens (tertiary/aromatic N) is 1. The van der Waals surface area contributed by atoms with Crippen molar-refractivity contribution in [2.45, 2.75) is 13.0 Å². The third kappa shape index (κ3) is 6.32. The van der Waals surface area contributed by atoms with Gasteiger partial charge in [0.1, 0.15) is 12.4 Å². The zero-order valence-corrected chi connectivity index (χ0v) is 18.1. The molecule has 0 atom stereocenters. The van der Waals surface area contributed by atoms with Gasteiger partial charge in [-0.05, 0) is 41.5 Å². The number of halogens is 2. The molecule has 0 aliphatic rings. The van der Waals surface area contributed by atoms with Gasteiger partial charge in [-0.2, -0.15) is 5.10 Å². The van der Waals surface area contributed by atoms with E-state index in [9.17, 15) is 4.79 Å². The number of rotatable bonds is 7. The first kappa shape index (κ1) is 20.3. The average molecular weight is 502 g/mol. The molecule has 0 bridgehead atoms. The molecule has 1 N–H and O–H groups in total. The van der Waals surface area contributed by atoms with E-state index in [1.165, 1.54) is 0 Å². The largest absolute Gasteiger partial charge is 0.488 e. The number of hydrogen-bond acceptors (Lipinski definition) is 3. The second-order valence-corrected chi connectivity index (χ2v) is 7.88. The zero-order valence-electron chi connectivity index (χ0n) is 14.9. The normalized spacial score (nSPS) is 10.8. The molecular weight excluding hydrogens is 484 g/mol. The summed E-state index contributed by atoms with van der Waals surface area (Å²) in [5.74, 6) is 0.512. The van der Waals surface area contributed by atoms with Crippen LogP contribution in [-0.4, -0.2) is 12.1 Å². The van der Waals surface area contributed by atoms with E-state index in [2.05, 4.69) is 42.4 Å². The molecule has 1 amide bonds. The first-order valence-electron chi connectivity index (χ1n) is 8.63. The lowest BCUT2D eigenvalue weighted by Crippen LogP contribution is -2.19. The smallest absolute Gasteiger partial charge is 0.244 e. The molecule has 0 aliphatic heterocycles. The first-order valence-corrected chi connectivity index (χ1v) is 10.2. The van der Waals surface area contributed by atoms with Crippen LogP contribution < -0.4 is 10.2 Å². The fourth-order valence-electron chi connectivity index (χ4n) is 2.49. The predicted octanol–water partition coefficient (Wildman–Crippen LogP) is 5.48. The van der Waals surface area contributed by atoms with E-state index in [-0.39, 0.29) is 12.3 Å². The van der Waals surface area contributed by atoms with E-state index in [1.54, 1.807) is 6.21 Å². The van der Waals surface area contributed by atoms with Gasteiger partial charge in [-0.25, -0.2) is 5.43 Å². The number of nitrogens with one attached hydrogen (secondary N) is 1. The molecule has 3 aromatic rings. The van der Waals surface area contributed by atoms with Crippen LogP contribution in [0.25, 0.3) is 0 Å². The molecule has 3 aromatic carbocycles. The molecule has 0 heterocycles. The van der Waals surface area contributed by atoms with E-state index in [1.807, 2.05) is 72.8 Å². The van der Waals surface area contributed by atoms with Gasteiger partial charge in [0.25, 0.3) is 0 Å². The van der Waals surface area contributed by atoms with Crippen LogP contribution in [0.15, 0.2) is 86.8 Å². The van der Waals surface area contributed by atoms with Gasteiger partial charge >= 0.3 is 0 Å². The van der Waals surface area contributed by atoms with Crippen LogP contribution in [0.2, 0.25) is 0 Å². The molecule has 0 fully saturated rings. The maximum absolute atomic E-state index is 12.1. The quantitative estimate of drug-likeness (QED) is 0.344. The highest BCUT2D eigenvalue weighted by Gasteiger charge is 2.05. The van der Waals surface area contributed by atoms with E-state index in [0.717, 1.165) is 25.6 Å². The van der Waals surface area contributed by atoms with Gasteiger partial charge in [-0.3, -0.25) is 4.79 Å². The lowest BCUT2D eigenvalue weighted by Gasteiger charge is -2.09. The Hall–Kier alpha value is -2.44. The van der Waals surface area contributed by atoms with E-state index >= 15 is 0 Å². The number of carbonyl (C=O) groups is 1. The van der Waals surface area contributed by atoms with Crippen molar-refractivity contribution in [1.82, 2.24) is 5.43 Å². The van der Waals surface area contributed by atoms with Gasteiger partial charge in [-0.1, -0.05) is 74.3 Å². The molecule has 0 spiro atoms. The molecule has 4 nitrogen and oxygen atoms in total. The second kappa shape index (κ2) is 10.2. The first-order chi connectivity index (χ1) is 13.6. The average Bonchev–Trinajstić information content (AvgIpc) is 2.70. The molecule has 6 heteroatoms. The Morgan fingerprint density at radius 1 is 0.929 bits per heavy atom. The number of benzene rings is 3. The predicted molar refractivity (Wildman–Crippen MR) is 118 cm³/mol. The van der Waals surface area contributed by atoms with Crippen LogP contribution in [0.4, 0.5) is 0 Å². The Labute approximate surface area is 180 Å². The van der Waals surface area contributed by atoms with Gasteiger partial charge < -0.3 is 4.74 Å². The van der Waals surface area contributed by atoms with Crippen LogP contribution in [0.1, 0.15) is 16.7 Å². The SMILES string of the molecule is O=C(Cc1ccc(Br)cc1)N/N=C/c1cc(Br)ccc1OCc1ccccc1. The highest BCUT2D eigenvalue weighted by molar-refractivity contribution is 9.10. The minimum atomic E-state index is -0.180. The molecule has 0 aromatic heterocycles. The summed E-state index contributed by atoms with van der Waals surface area (Å²) < 4.78 is 7.80. The fraction of sp³-hybridized carbons (Fsp3) is 0.0909. The summed E-state index contributed by atoms with van der Waals surface area (Å²) in [7, 11) is 0. The molecule has 0 unspecified atom stereocenters. The summed E-state index contributed by atoms with van der Waals surface area (Å²) in [6.45, 7) is 0.458. The van der Waals surface area contributed by atoms with Crippen LogP contribution in [0, 0.1) is 0 Å². The fourth-order valence-corrected chi connectivity index (χ4v) is 3.13. The molecule has 3 rings (SSSR count). The lowest BCUT2D eigenvalue weighted by atomic mass is 10.1. The van der Waals surface area contributed by atoms with Crippen LogP contribution in [0.5, 0.6) is 5.75 Å². The number of ether oxygens (including phenoxy) is 1. The number of hydrogen-bond donors (Lipinski definition) is 1. The topological polar surface area (TPSA) is 50.7 Å². The second-order valence-electron chi connectivity index (χ2n) is 6.05. The van der Waals surface area contributed by atoms with Gasteiger partial charge in [0.05, 0.1) is 12.6 Å². The van der Waals surface area contributed by atoms with Crippen LogP contribution in [-0.2, 0) is 17.8 Å². The minimum absolute atomic E-state index is 0.180. The van der Waals surface area contributed by atoms with E-state index in [0.29, 0.717) is 12.4 Å². The maximum Gasteiger partial charge on any atom is 0.244 e. The molecule has 0 radical (unpaired) electrons. The van der Waals surface area contributed by atoms with E-state index in [4.69, 9.17) is 4.74 Å². The van der Waals surface area contributed by atoms with Crippen molar-refractivity contribution in [2.75, 3.05) is 0 Å². The Morgan fingerprint density at radius 2 is 1.64 bits per heavy atom. The summed E-state index contributed by atoms with van der Waals surface area (Å²) in [5.41, 5.74) is 5.34. The molecular formula is C22H18Br2N2O2. The third-order valence-electron chi connectivity index (χ3n) is 3.88. The number of carbonyl (C=O) groups excluding carboxylic acids is 1. The Balaban J connectivity index is 1.61. The molecule has 142 valence electrons. The van der Waals surface area contributed by atoms with Crippen molar-refractivity contribution >= 4 is 44.0 Å². The standard InChI is InChI=1S/C22H18Br2N2O2/c23-19-8-6-16(7-9-19)12-22(27)26-25-14-18-13-20(24)10-11-21(18)28-15-17-4-2-1-3-5-17/h1-11,13-14H,12,15H2,(H,26,27)/b25-14+. The summed E-state index contributed by atoms with van der Waals surface area (Å²) in [4.78, 5) is 12.1. The van der Waals surface area contributed by atoms with Gasteiger partial charge in [0.15, 0.2) is 0 Å². The zero-order chi connectivity index (χ0) is 19.8. The van der Waals surface area contributed by atoms with Crippen molar-refractivity contribution in [2.24, 2.45) is 5.10 Å². The highest BCUT2D eigenvalue weighted by atomic mass is 79.9. The summed E-state index contributed by atoms with van der Waals surface area (Å²) in [5, 5.41) is 4.08. The van der Waals surface area contributed by atoms with Crippen molar-refractivity contribution in [3.8, 4) is 5.75 Å². The summed E-state index contributed by atoms with van der Waals surface area (Å²) in [6, 6.07) is 23.2. The van der Waals surface area contributed by atoms with Crippen LogP contribution >= 0.6 is 31.9 Å². The van der Waals surface area contributed by atoms with Crippen LogP contribution in [0.3, 0.4) is 0 Å². The number of amides is 1. The van der Waals surface area contributed by atoms with Crippen molar-refractivity contribution in [3.63, 3.8) is 0 Å². The lowest BCUT2D eigenvalue weighted by molar-refractivity contribution is -0.120. The Kier molecular flexibility index (Phi) is 7.39. The Bertz CT molecular complexity index is 958. The minimum Gasteiger partial charge on any atom is -0.488 e. The summed E-state index contributed by atoms with van der Waals surface area (Å²) in [6.07, 6.45) is 1.85.